The maximum atomic E-state index is 13.9. The Morgan fingerprint density at radius 2 is 1.70 bits per heavy atom. The molecule has 3 rings (SSSR count). The lowest BCUT2D eigenvalue weighted by Crippen LogP contribution is -2.27. The monoisotopic (exact) mass is 324 g/mol. The third kappa shape index (κ3) is 3.59. The normalized spacial score (nSPS) is 27.7. The minimum atomic E-state index is -1.31. The van der Waals surface area contributed by atoms with Crippen molar-refractivity contribution in [2.75, 3.05) is 0 Å². The number of fused-ring (bicyclic) bond motifs is 1. The Balaban J connectivity index is 1.62. The fourth-order valence-electron chi connectivity index (χ4n) is 4.69. The summed E-state index contributed by atoms with van der Waals surface area (Å²) in [5.41, 5.74) is 1.11. The standard InChI is InChI=1S/C20H27F3/c1-2-3-4-13-5-7-14(8-6-13)15-9-10-17-16(11-15)12-18(21)20(23)19(17)22/h12-15H,2-11H2,1H3. The Bertz CT molecular complexity index is 544. The van der Waals surface area contributed by atoms with E-state index >= 15 is 0 Å². The van der Waals surface area contributed by atoms with Crippen LogP contribution in [-0.2, 0) is 12.8 Å². The van der Waals surface area contributed by atoms with Crippen molar-refractivity contribution in [3.63, 3.8) is 0 Å². The summed E-state index contributed by atoms with van der Waals surface area (Å²) in [6.07, 6.45) is 11.3. The zero-order valence-electron chi connectivity index (χ0n) is 14.0. The smallest absolute Gasteiger partial charge is 0.194 e. The Morgan fingerprint density at radius 1 is 0.957 bits per heavy atom. The molecule has 3 heteroatoms. The van der Waals surface area contributed by atoms with Crippen molar-refractivity contribution in [2.24, 2.45) is 17.8 Å². The van der Waals surface area contributed by atoms with E-state index in [1.807, 2.05) is 0 Å². The van der Waals surface area contributed by atoms with Crippen LogP contribution in [0.4, 0.5) is 13.2 Å². The van der Waals surface area contributed by atoms with Gasteiger partial charge in [-0.05, 0) is 67.1 Å². The van der Waals surface area contributed by atoms with Gasteiger partial charge in [0, 0.05) is 0 Å². The van der Waals surface area contributed by atoms with Crippen LogP contribution in [0, 0.1) is 35.2 Å². The number of rotatable bonds is 4. The second-order valence-electron chi connectivity index (χ2n) is 7.55. The molecule has 0 heterocycles. The van der Waals surface area contributed by atoms with Gasteiger partial charge in [-0.2, -0.15) is 0 Å². The lowest BCUT2D eigenvalue weighted by Gasteiger charge is -2.36. The van der Waals surface area contributed by atoms with Crippen molar-refractivity contribution in [2.45, 2.75) is 71.1 Å². The number of benzene rings is 1. The average Bonchev–Trinajstić information content (AvgIpc) is 2.58. The molecular weight excluding hydrogens is 297 g/mol. The minimum Gasteiger partial charge on any atom is -0.204 e. The quantitative estimate of drug-likeness (QED) is 0.578. The summed E-state index contributed by atoms with van der Waals surface area (Å²) in [6.45, 7) is 2.24. The van der Waals surface area contributed by atoms with E-state index in [1.165, 1.54) is 51.0 Å². The molecule has 0 spiro atoms. The zero-order chi connectivity index (χ0) is 16.4. The fraction of sp³-hybridized carbons (Fsp3) is 0.700. The van der Waals surface area contributed by atoms with E-state index in [0.717, 1.165) is 12.3 Å². The van der Waals surface area contributed by atoms with Crippen molar-refractivity contribution in [1.82, 2.24) is 0 Å². The molecule has 0 amide bonds. The maximum absolute atomic E-state index is 13.9. The minimum absolute atomic E-state index is 0.414. The van der Waals surface area contributed by atoms with Crippen LogP contribution >= 0.6 is 0 Å². The molecule has 0 bridgehead atoms. The van der Waals surface area contributed by atoms with Crippen molar-refractivity contribution >= 4 is 0 Å². The van der Waals surface area contributed by atoms with Crippen LogP contribution in [0.2, 0.25) is 0 Å². The first kappa shape index (κ1) is 16.9. The van der Waals surface area contributed by atoms with Crippen molar-refractivity contribution < 1.29 is 13.2 Å². The third-order valence-electron chi connectivity index (χ3n) is 6.13. The Labute approximate surface area is 137 Å². The highest BCUT2D eigenvalue weighted by Gasteiger charge is 2.32. The summed E-state index contributed by atoms with van der Waals surface area (Å²) < 4.78 is 40.7. The lowest BCUT2D eigenvalue weighted by molar-refractivity contribution is 0.182. The molecule has 0 saturated heterocycles. The maximum Gasteiger partial charge on any atom is 0.194 e. The Kier molecular flexibility index (Phi) is 5.33. The molecule has 1 saturated carbocycles. The van der Waals surface area contributed by atoms with Crippen molar-refractivity contribution in [3.8, 4) is 0 Å². The molecule has 2 aliphatic rings. The second-order valence-corrected chi connectivity index (χ2v) is 7.55. The van der Waals surface area contributed by atoms with E-state index in [4.69, 9.17) is 0 Å². The topological polar surface area (TPSA) is 0 Å². The first-order valence-corrected chi connectivity index (χ1v) is 9.25. The Hall–Kier alpha value is -0.990. The molecule has 1 aromatic rings. The van der Waals surface area contributed by atoms with Crippen LogP contribution in [-0.4, -0.2) is 0 Å². The molecule has 0 nitrogen and oxygen atoms in total. The van der Waals surface area contributed by atoms with Gasteiger partial charge in [-0.15, -0.1) is 0 Å². The van der Waals surface area contributed by atoms with Crippen LogP contribution < -0.4 is 0 Å². The third-order valence-corrected chi connectivity index (χ3v) is 6.13. The second kappa shape index (κ2) is 7.27. The van der Waals surface area contributed by atoms with Crippen LogP contribution in [0.1, 0.15) is 69.4 Å². The molecule has 0 N–H and O–H groups in total. The van der Waals surface area contributed by atoms with Gasteiger partial charge in [0.1, 0.15) is 0 Å². The van der Waals surface area contributed by atoms with Gasteiger partial charge in [-0.1, -0.05) is 39.0 Å². The summed E-state index contributed by atoms with van der Waals surface area (Å²) in [7, 11) is 0. The van der Waals surface area contributed by atoms with E-state index in [9.17, 15) is 13.2 Å². The van der Waals surface area contributed by atoms with Crippen molar-refractivity contribution in [1.29, 1.82) is 0 Å². The predicted molar refractivity (Wildman–Crippen MR) is 86.8 cm³/mol. The predicted octanol–water partition coefficient (Wildman–Crippen LogP) is 6.21. The van der Waals surface area contributed by atoms with Gasteiger partial charge >= 0.3 is 0 Å². The number of unbranched alkanes of at least 4 members (excludes halogenated alkanes) is 1. The van der Waals surface area contributed by atoms with E-state index in [-0.39, 0.29) is 0 Å². The molecule has 0 radical (unpaired) electrons. The van der Waals surface area contributed by atoms with E-state index < -0.39 is 17.5 Å². The first-order valence-electron chi connectivity index (χ1n) is 9.25. The SMILES string of the molecule is CCCCC1CCC(C2CCc3c(cc(F)c(F)c3F)C2)CC1. The van der Waals surface area contributed by atoms with Gasteiger partial charge in [-0.3, -0.25) is 0 Å². The highest BCUT2D eigenvalue weighted by molar-refractivity contribution is 5.33. The van der Waals surface area contributed by atoms with Gasteiger partial charge in [0.25, 0.3) is 0 Å². The van der Waals surface area contributed by atoms with Crippen LogP contribution in [0.15, 0.2) is 6.07 Å². The van der Waals surface area contributed by atoms with E-state index in [0.29, 0.717) is 35.8 Å². The lowest BCUT2D eigenvalue weighted by atomic mass is 9.69. The summed E-state index contributed by atoms with van der Waals surface area (Å²) in [5, 5.41) is 0. The van der Waals surface area contributed by atoms with Gasteiger partial charge in [0.15, 0.2) is 17.5 Å². The van der Waals surface area contributed by atoms with Gasteiger partial charge in [-0.25, -0.2) is 13.2 Å². The zero-order valence-corrected chi connectivity index (χ0v) is 14.0. The van der Waals surface area contributed by atoms with E-state index in [2.05, 4.69) is 6.92 Å². The molecule has 1 unspecified atom stereocenters. The number of halogens is 3. The molecular formula is C20H27F3. The highest BCUT2D eigenvalue weighted by Crippen LogP contribution is 2.41. The number of hydrogen-bond acceptors (Lipinski definition) is 0. The molecule has 0 aliphatic heterocycles. The molecule has 1 fully saturated rings. The van der Waals surface area contributed by atoms with Crippen LogP contribution in [0.25, 0.3) is 0 Å². The van der Waals surface area contributed by atoms with Crippen molar-refractivity contribution in [3.05, 3.63) is 34.6 Å². The Morgan fingerprint density at radius 3 is 2.39 bits per heavy atom. The highest BCUT2D eigenvalue weighted by atomic mass is 19.2. The molecule has 1 aromatic carbocycles. The summed E-state index contributed by atoms with van der Waals surface area (Å²) in [4.78, 5) is 0. The summed E-state index contributed by atoms with van der Waals surface area (Å²) in [5.74, 6) is -1.23. The summed E-state index contributed by atoms with van der Waals surface area (Å²) >= 11 is 0. The van der Waals surface area contributed by atoms with Gasteiger partial charge in [0.05, 0.1) is 0 Å². The van der Waals surface area contributed by atoms with Crippen LogP contribution in [0.5, 0.6) is 0 Å². The van der Waals surface area contributed by atoms with Gasteiger partial charge < -0.3 is 0 Å². The molecule has 23 heavy (non-hydrogen) atoms. The fourth-order valence-corrected chi connectivity index (χ4v) is 4.69. The number of hydrogen-bond donors (Lipinski definition) is 0. The molecule has 128 valence electrons. The average molecular weight is 324 g/mol. The first-order chi connectivity index (χ1) is 11.1. The molecule has 1 atom stereocenters. The van der Waals surface area contributed by atoms with E-state index in [1.54, 1.807) is 0 Å². The molecule has 2 aliphatic carbocycles. The van der Waals surface area contributed by atoms with Gasteiger partial charge in [0.2, 0.25) is 0 Å². The summed E-state index contributed by atoms with van der Waals surface area (Å²) in [6, 6.07) is 1.23. The van der Waals surface area contributed by atoms with Crippen LogP contribution in [0.3, 0.4) is 0 Å². The largest absolute Gasteiger partial charge is 0.204 e. The molecule has 0 aromatic heterocycles.